The summed E-state index contributed by atoms with van der Waals surface area (Å²) in [6, 6.07) is 2.19. The molecule has 1 aliphatic carbocycles. The van der Waals surface area contributed by atoms with Crippen molar-refractivity contribution in [1.82, 2.24) is 9.78 Å². The molecule has 0 aliphatic heterocycles. The first-order valence-electron chi connectivity index (χ1n) is 5.38. The highest BCUT2D eigenvalue weighted by Gasteiger charge is 2.39. The average molecular weight is 213 g/mol. The molecule has 0 radical (unpaired) electrons. The van der Waals surface area contributed by atoms with Crippen LogP contribution in [0, 0.1) is 17.2 Å². The summed E-state index contributed by atoms with van der Waals surface area (Å²) in [7, 11) is 1.80. The van der Waals surface area contributed by atoms with E-state index in [-0.39, 0.29) is 0 Å². The van der Waals surface area contributed by atoms with E-state index in [2.05, 4.69) is 31.2 Å². The van der Waals surface area contributed by atoms with Crippen molar-refractivity contribution in [3.8, 4) is 6.07 Å². The minimum atomic E-state index is 0.486. The molecule has 16 heavy (non-hydrogen) atoms. The molecule has 0 aromatic carbocycles. The lowest BCUT2D eigenvalue weighted by Gasteiger charge is -2.00. The van der Waals surface area contributed by atoms with Crippen LogP contribution in [0.1, 0.15) is 36.2 Å². The number of aryl methyl sites for hydroxylation is 1. The van der Waals surface area contributed by atoms with E-state index >= 15 is 0 Å². The Morgan fingerprint density at radius 2 is 2.31 bits per heavy atom. The molecule has 1 fully saturated rings. The number of aromatic nitrogens is 2. The minimum Gasteiger partial charge on any atom is -0.257 e. The van der Waals surface area contributed by atoms with Crippen molar-refractivity contribution >= 4 is 5.57 Å². The van der Waals surface area contributed by atoms with Gasteiger partial charge in [0, 0.05) is 18.5 Å². The second-order valence-corrected chi connectivity index (χ2v) is 4.39. The van der Waals surface area contributed by atoms with Crippen molar-refractivity contribution in [2.75, 3.05) is 0 Å². The minimum absolute atomic E-state index is 0.486. The van der Waals surface area contributed by atoms with Crippen LogP contribution < -0.4 is 0 Å². The molecule has 1 aliphatic rings. The second kappa shape index (κ2) is 3.64. The summed E-state index contributed by atoms with van der Waals surface area (Å²) in [5.41, 5.74) is 3.27. The molecule has 0 spiro atoms. The molecule has 0 N–H and O–H groups in total. The Hall–Kier alpha value is -1.82. The molecule has 1 heterocycles. The van der Waals surface area contributed by atoms with E-state index in [0.717, 1.165) is 23.3 Å². The highest BCUT2D eigenvalue weighted by molar-refractivity contribution is 5.76. The van der Waals surface area contributed by atoms with Gasteiger partial charge in [-0.2, -0.15) is 10.4 Å². The maximum Gasteiger partial charge on any atom is 0.146 e. The summed E-state index contributed by atoms with van der Waals surface area (Å²) in [5, 5.41) is 13.6. The fourth-order valence-electron chi connectivity index (χ4n) is 2.05. The predicted molar refractivity (Wildman–Crippen MR) is 63.7 cm³/mol. The fourth-order valence-corrected chi connectivity index (χ4v) is 2.05. The monoisotopic (exact) mass is 213 g/mol. The van der Waals surface area contributed by atoms with E-state index < -0.39 is 0 Å². The molecular formula is C13H15N3. The number of nitriles is 1. The SMILES string of the molecule is C=CC(=C)c1c(C2CC2C)nn(C)c1C#N. The molecule has 2 rings (SSSR count). The van der Waals surface area contributed by atoms with Crippen LogP contribution in [0.3, 0.4) is 0 Å². The number of hydrogen-bond acceptors (Lipinski definition) is 2. The summed E-state index contributed by atoms with van der Waals surface area (Å²) < 4.78 is 1.64. The fraction of sp³-hybridized carbons (Fsp3) is 0.385. The van der Waals surface area contributed by atoms with Crippen molar-refractivity contribution in [1.29, 1.82) is 5.26 Å². The van der Waals surface area contributed by atoms with Crippen molar-refractivity contribution in [2.45, 2.75) is 19.3 Å². The Labute approximate surface area is 95.7 Å². The van der Waals surface area contributed by atoms with Gasteiger partial charge in [0.05, 0.1) is 5.69 Å². The van der Waals surface area contributed by atoms with Crippen LogP contribution in [0.15, 0.2) is 19.2 Å². The van der Waals surface area contributed by atoms with Crippen LogP contribution >= 0.6 is 0 Å². The normalized spacial score (nSPS) is 22.6. The Kier molecular flexibility index (Phi) is 2.43. The molecule has 0 amide bonds. The van der Waals surface area contributed by atoms with Crippen LogP contribution in [0.2, 0.25) is 0 Å². The Bertz CT molecular complexity index is 502. The number of allylic oxidation sites excluding steroid dienone is 2. The van der Waals surface area contributed by atoms with E-state index in [1.165, 1.54) is 0 Å². The quantitative estimate of drug-likeness (QED) is 0.724. The van der Waals surface area contributed by atoms with Crippen molar-refractivity contribution in [3.05, 3.63) is 36.2 Å². The predicted octanol–water partition coefficient (Wildman–Crippen LogP) is 2.61. The Balaban J connectivity index is 2.57. The zero-order chi connectivity index (χ0) is 11.9. The molecule has 1 aromatic rings. The molecule has 0 bridgehead atoms. The van der Waals surface area contributed by atoms with Crippen LogP contribution in [0.5, 0.6) is 0 Å². The van der Waals surface area contributed by atoms with E-state index in [0.29, 0.717) is 17.5 Å². The smallest absolute Gasteiger partial charge is 0.146 e. The molecular weight excluding hydrogens is 198 g/mol. The molecule has 1 saturated carbocycles. The Morgan fingerprint density at radius 1 is 1.69 bits per heavy atom. The third-order valence-electron chi connectivity index (χ3n) is 3.21. The van der Waals surface area contributed by atoms with E-state index in [9.17, 15) is 0 Å². The maximum atomic E-state index is 9.14. The highest BCUT2D eigenvalue weighted by atomic mass is 15.3. The molecule has 2 unspecified atom stereocenters. The van der Waals surface area contributed by atoms with Gasteiger partial charge in [0.25, 0.3) is 0 Å². The van der Waals surface area contributed by atoms with Gasteiger partial charge in [0.1, 0.15) is 11.8 Å². The lowest BCUT2D eigenvalue weighted by molar-refractivity contribution is 0.727. The third kappa shape index (κ3) is 1.47. The van der Waals surface area contributed by atoms with E-state index in [4.69, 9.17) is 5.26 Å². The van der Waals surface area contributed by atoms with Gasteiger partial charge in [0.2, 0.25) is 0 Å². The largest absolute Gasteiger partial charge is 0.257 e. The van der Waals surface area contributed by atoms with Gasteiger partial charge in [-0.15, -0.1) is 0 Å². The summed E-state index contributed by atoms with van der Waals surface area (Å²) in [4.78, 5) is 0. The van der Waals surface area contributed by atoms with Crippen LogP contribution in [0.4, 0.5) is 0 Å². The van der Waals surface area contributed by atoms with Gasteiger partial charge in [-0.3, -0.25) is 4.68 Å². The first kappa shape index (κ1) is 10.7. The van der Waals surface area contributed by atoms with Crippen LogP contribution in [-0.2, 0) is 7.05 Å². The molecule has 82 valence electrons. The van der Waals surface area contributed by atoms with E-state index in [1.54, 1.807) is 17.8 Å². The maximum absolute atomic E-state index is 9.14. The lowest BCUT2D eigenvalue weighted by atomic mass is 10.0. The van der Waals surface area contributed by atoms with E-state index in [1.807, 2.05) is 0 Å². The summed E-state index contributed by atoms with van der Waals surface area (Å²) in [6.45, 7) is 9.85. The highest BCUT2D eigenvalue weighted by Crippen LogP contribution is 2.48. The summed E-state index contributed by atoms with van der Waals surface area (Å²) in [6.07, 6.45) is 2.84. The number of hydrogen-bond donors (Lipinski definition) is 0. The van der Waals surface area contributed by atoms with Gasteiger partial charge in [0.15, 0.2) is 0 Å². The van der Waals surface area contributed by atoms with Gasteiger partial charge in [-0.25, -0.2) is 0 Å². The first-order valence-corrected chi connectivity index (χ1v) is 5.38. The van der Waals surface area contributed by atoms with Crippen LogP contribution in [0.25, 0.3) is 5.57 Å². The zero-order valence-electron chi connectivity index (χ0n) is 9.70. The van der Waals surface area contributed by atoms with Gasteiger partial charge in [-0.1, -0.05) is 26.2 Å². The molecule has 3 nitrogen and oxygen atoms in total. The van der Waals surface area contributed by atoms with Crippen molar-refractivity contribution in [2.24, 2.45) is 13.0 Å². The molecule has 0 saturated heterocycles. The van der Waals surface area contributed by atoms with Crippen molar-refractivity contribution in [3.63, 3.8) is 0 Å². The van der Waals surface area contributed by atoms with Crippen molar-refractivity contribution < 1.29 is 0 Å². The lowest BCUT2D eigenvalue weighted by Crippen LogP contribution is -1.94. The summed E-state index contributed by atoms with van der Waals surface area (Å²) in [5.74, 6) is 1.15. The Morgan fingerprint density at radius 3 is 2.75 bits per heavy atom. The topological polar surface area (TPSA) is 41.6 Å². The number of rotatable bonds is 3. The van der Waals surface area contributed by atoms with Gasteiger partial charge < -0.3 is 0 Å². The van der Waals surface area contributed by atoms with Crippen LogP contribution in [-0.4, -0.2) is 9.78 Å². The average Bonchev–Trinajstić information content (AvgIpc) is 2.89. The van der Waals surface area contributed by atoms with Gasteiger partial charge in [-0.05, 0) is 17.9 Å². The first-order chi connectivity index (χ1) is 7.60. The standard InChI is InChI=1S/C13H15N3/c1-5-8(2)12-11(7-14)16(4)15-13(12)10-6-9(10)3/h5,9-10H,1-2,6H2,3-4H3. The zero-order valence-corrected chi connectivity index (χ0v) is 9.70. The number of nitrogens with zero attached hydrogens (tertiary/aromatic N) is 3. The summed E-state index contributed by atoms with van der Waals surface area (Å²) >= 11 is 0. The molecule has 3 heteroatoms. The second-order valence-electron chi connectivity index (χ2n) is 4.39. The molecule has 2 atom stereocenters. The molecule has 1 aromatic heterocycles. The van der Waals surface area contributed by atoms with Gasteiger partial charge >= 0.3 is 0 Å². The third-order valence-corrected chi connectivity index (χ3v) is 3.21.